The summed E-state index contributed by atoms with van der Waals surface area (Å²) in [4.78, 5) is 21.9. The second-order valence-corrected chi connectivity index (χ2v) is 3.50. The van der Waals surface area contributed by atoms with Gasteiger partial charge in [-0.3, -0.25) is 4.79 Å². The van der Waals surface area contributed by atoms with Gasteiger partial charge in [-0.15, -0.1) is 0 Å². The molecule has 0 radical (unpaired) electrons. The summed E-state index contributed by atoms with van der Waals surface area (Å²) >= 11 is 0. The molecule has 1 aromatic rings. The Morgan fingerprint density at radius 1 is 1.50 bits per heavy atom. The Balaban J connectivity index is 2.44. The highest BCUT2D eigenvalue weighted by molar-refractivity contribution is 6.01. The lowest BCUT2D eigenvalue weighted by Crippen LogP contribution is -1.94. The molecule has 1 atom stereocenters. The number of Topliss-reactive ketones (excluding diaryl/α,β-unsaturated/α-hetero) is 1. The second-order valence-electron chi connectivity index (χ2n) is 3.50. The average Bonchev–Trinajstić information content (AvgIpc) is 2.44. The number of phenolic OH excluding ortho intramolecular Hbond substituents is 1. The van der Waals surface area contributed by atoms with Gasteiger partial charge in [0.15, 0.2) is 5.78 Å². The first kappa shape index (κ1) is 8.94. The van der Waals surface area contributed by atoms with E-state index in [2.05, 4.69) is 0 Å². The van der Waals surface area contributed by atoms with Gasteiger partial charge in [-0.2, -0.15) is 0 Å². The number of aldehydes is 1. The molecule has 1 aromatic carbocycles. The molecular weight excluding hydrogens is 180 g/mol. The number of hydrogen-bond acceptors (Lipinski definition) is 3. The zero-order valence-corrected chi connectivity index (χ0v) is 7.56. The summed E-state index contributed by atoms with van der Waals surface area (Å²) in [6.07, 6.45) is 1.60. The van der Waals surface area contributed by atoms with Gasteiger partial charge in [0.25, 0.3) is 0 Å². The number of aromatic hydroxyl groups is 1. The van der Waals surface area contributed by atoms with Gasteiger partial charge in [0.2, 0.25) is 0 Å². The average molecular weight is 190 g/mol. The molecule has 0 saturated heterocycles. The summed E-state index contributed by atoms with van der Waals surface area (Å²) in [6.45, 7) is 0. The number of ketones is 1. The molecule has 14 heavy (non-hydrogen) atoms. The first-order valence-corrected chi connectivity index (χ1v) is 4.52. The van der Waals surface area contributed by atoms with Crippen LogP contribution in [0.25, 0.3) is 0 Å². The maximum Gasteiger partial charge on any atom is 0.163 e. The Bertz CT molecular complexity index is 396. The topological polar surface area (TPSA) is 54.4 Å². The first-order chi connectivity index (χ1) is 6.72. The largest absolute Gasteiger partial charge is 0.508 e. The van der Waals surface area contributed by atoms with Crippen molar-refractivity contribution in [1.82, 2.24) is 0 Å². The SMILES string of the molecule is O=CCC1CC(=O)c2cc(O)ccc21. The van der Waals surface area contributed by atoms with Crippen LogP contribution in [-0.4, -0.2) is 17.2 Å². The highest BCUT2D eigenvalue weighted by Gasteiger charge is 2.28. The van der Waals surface area contributed by atoms with E-state index in [0.717, 1.165) is 11.8 Å². The van der Waals surface area contributed by atoms with Crippen molar-refractivity contribution in [3.63, 3.8) is 0 Å². The molecule has 0 saturated carbocycles. The van der Waals surface area contributed by atoms with Crippen molar-refractivity contribution in [2.75, 3.05) is 0 Å². The van der Waals surface area contributed by atoms with Crippen LogP contribution in [-0.2, 0) is 4.79 Å². The van der Waals surface area contributed by atoms with E-state index in [4.69, 9.17) is 0 Å². The van der Waals surface area contributed by atoms with Gasteiger partial charge in [-0.25, -0.2) is 0 Å². The molecule has 0 aliphatic heterocycles. The first-order valence-electron chi connectivity index (χ1n) is 4.52. The summed E-state index contributed by atoms with van der Waals surface area (Å²) in [5, 5.41) is 9.21. The predicted octanol–water partition coefficient (Wildman–Crippen LogP) is 1.65. The van der Waals surface area contributed by atoms with Crippen LogP contribution in [0.4, 0.5) is 0 Å². The zero-order chi connectivity index (χ0) is 10.1. The Labute approximate surface area is 81.4 Å². The van der Waals surface area contributed by atoms with Gasteiger partial charge in [-0.1, -0.05) is 6.07 Å². The fraction of sp³-hybridized carbons (Fsp3) is 0.273. The van der Waals surface area contributed by atoms with Gasteiger partial charge >= 0.3 is 0 Å². The van der Waals surface area contributed by atoms with Gasteiger partial charge in [0.1, 0.15) is 12.0 Å². The molecule has 0 fully saturated rings. The van der Waals surface area contributed by atoms with E-state index >= 15 is 0 Å². The highest BCUT2D eigenvalue weighted by atomic mass is 16.3. The molecule has 1 aliphatic carbocycles. The predicted molar refractivity (Wildman–Crippen MR) is 50.5 cm³/mol. The molecule has 3 heteroatoms. The van der Waals surface area contributed by atoms with Gasteiger partial charge in [-0.05, 0) is 23.6 Å². The monoisotopic (exact) mass is 190 g/mol. The third-order valence-corrected chi connectivity index (χ3v) is 2.59. The summed E-state index contributed by atoms with van der Waals surface area (Å²) in [5.74, 6) is 0.127. The van der Waals surface area contributed by atoms with Gasteiger partial charge in [0.05, 0.1) is 0 Å². The summed E-state index contributed by atoms with van der Waals surface area (Å²) in [6, 6.07) is 4.75. The molecule has 0 bridgehead atoms. The van der Waals surface area contributed by atoms with Crippen LogP contribution >= 0.6 is 0 Å². The van der Waals surface area contributed by atoms with E-state index in [1.807, 2.05) is 0 Å². The van der Waals surface area contributed by atoms with Crippen molar-refractivity contribution in [2.24, 2.45) is 0 Å². The van der Waals surface area contributed by atoms with Crippen LogP contribution in [0.5, 0.6) is 5.75 Å². The van der Waals surface area contributed by atoms with E-state index in [1.54, 1.807) is 12.1 Å². The number of carbonyl (C=O) groups excluding carboxylic acids is 2. The number of phenols is 1. The zero-order valence-electron chi connectivity index (χ0n) is 7.56. The number of benzene rings is 1. The lowest BCUT2D eigenvalue weighted by Gasteiger charge is -2.05. The van der Waals surface area contributed by atoms with E-state index in [0.29, 0.717) is 18.4 Å². The molecule has 72 valence electrons. The molecule has 0 amide bonds. The Morgan fingerprint density at radius 3 is 3.00 bits per heavy atom. The molecule has 1 N–H and O–H groups in total. The Hall–Kier alpha value is -1.64. The van der Waals surface area contributed by atoms with Gasteiger partial charge in [0, 0.05) is 18.4 Å². The minimum absolute atomic E-state index is 0.00981. The van der Waals surface area contributed by atoms with E-state index in [1.165, 1.54) is 6.07 Å². The van der Waals surface area contributed by atoms with Crippen LogP contribution in [0.3, 0.4) is 0 Å². The Morgan fingerprint density at radius 2 is 2.29 bits per heavy atom. The molecule has 2 rings (SSSR count). The third-order valence-electron chi connectivity index (χ3n) is 2.59. The summed E-state index contributed by atoms with van der Waals surface area (Å²) in [5.41, 5.74) is 1.46. The summed E-state index contributed by atoms with van der Waals surface area (Å²) in [7, 11) is 0. The number of hydrogen-bond donors (Lipinski definition) is 1. The van der Waals surface area contributed by atoms with Crippen molar-refractivity contribution in [2.45, 2.75) is 18.8 Å². The fourth-order valence-electron chi connectivity index (χ4n) is 1.91. The van der Waals surface area contributed by atoms with Crippen molar-refractivity contribution in [3.8, 4) is 5.75 Å². The molecule has 0 heterocycles. The van der Waals surface area contributed by atoms with Crippen LogP contribution in [0.1, 0.15) is 34.7 Å². The van der Waals surface area contributed by atoms with Crippen LogP contribution in [0.15, 0.2) is 18.2 Å². The van der Waals surface area contributed by atoms with Crippen LogP contribution in [0.2, 0.25) is 0 Å². The molecule has 0 aromatic heterocycles. The molecule has 1 aliphatic rings. The Kier molecular flexibility index (Phi) is 2.08. The molecular formula is C11H10O3. The number of rotatable bonds is 2. The maximum atomic E-state index is 11.5. The van der Waals surface area contributed by atoms with Crippen LogP contribution < -0.4 is 0 Å². The second kappa shape index (κ2) is 3.25. The maximum absolute atomic E-state index is 11.5. The lowest BCUT2D eigenvalue weighted by atomic mass is 9.99. The van der Waals surface area contributed by atoms with Crippen molar-refractivity contribution >= 4 is 12.1 Å². The van der Waals surface area contributed by atoms with Crippen LogP contribution in [0, 0.1) is 0 Å². The highest BCUT2D eigenvalue weighted by Crippen LogP contribution is 2.36. The standard InChI is InChI=1S/C11H10O3/c12-4-3-7-5-11(14)10-6-8(13)1-2-9(7)10/h1-2,4,6-7,13H,3,5H2. The van der Waals surface area contributed by atoms with E-state index in [-0.39, 0.29) is 17.5 Å². The van der Waals surface area contributed by atoms with E-state index in [9.17, 15) is 14.7 Å². The van der Waals surface area contributed by atoms with Gasteiger partial charge < -0.3 is 9.90 Å². The van der Waals surface area contributed by atoms with Crippen molar-refractivity contribution in [3.05, 3.63) is 29.3 Å². The normalized spacial score (nSPS) is 19.4. The van der Waals surface area contributed by atoms with E-state index < -0.39 is 0 Å². The number of carbonyl (C=O) groups is 2. The molecule has 0 spiro atoms. The van der Waals surface area contributed by atoms with Crippen molar-refractivity contribution in [1.29, 1.82) is 0 Å². The third kappa shape index (κ3) is 1.31. The minimum Gasteiger partial charge on any atom is -0.508 e. The quantitative estimate of drug-likeness (QED) is 0.721. The minimum atomic E-state index is 0.00981. The molecule has 1 unspecified atom stereocenters. The lowest BCUT2D eigenvalue weighted by molar-refractivity contribution is -0.108. The fourth-order valence-corrected chi connectivity index (χ4v) is 1.91. The number of fused-ring (bicyclic) bond motifs is 1. The smallest absolute Gasteiger partial charge is 0.163 e. The molecule has 3 nitrogen and oxygen atoms in total. The summed E-state index contributed by atoms with van der Waals surface area (Å²) < 4.78 is 0. The van der Waals surface area contributed by atoms with Crippen molar-refractivity contribution < 1.29 is 14.7 Å².